The molecule has 4 heterocycles. The van der Waals surface area contributed by atoms with Crippen LogP contribution in [0.1, 0.15) is 42.5 Å². The molecule has 3 fully saturated rings. The summed E-state index contributed by atoms with van der Waals surface area (Å²) >= 11 is 1.60. The number of halogens is 3. The van der Waals surface area contributed by atoms with Crippen LogP contribution in [0, 0.1) is 11.3 Å². The number of thiophene rings is 1. The van der Waals surface area contributed by atoms with Gasteiger partial charge in [0.2, 0.25) is 0 Å². The molecule has 0 aromatic carbocycles. The van der Waals surface area contributed by atoms with Gasteiger partial charge in [0, 0.05) is 44.8 Å². The van der Waals surface area contributed by atoms with E-state index in [1.165, 1.54) is 51.7 Å². The van der Waals surface area contributed by atoms with Crippen LogP contribution in [0.25, 0.3) is 0 Å². The van der Waals surface area contributed by atoms with Gasteiger partial charge in [0.1, 0.15) is 0 Å². The van der Waals surface area contributed by atoms with E-state index in [0.29, 0.717) is 5.41 Å². The van der Waals surface area contributed by atoms with E-state index >= 15 is 0 Å². The molecule has 0 atom stereocenters. The number of nitrogens with zero attached hydrogens (tertiary/aromatic N) is 2. The smallest absolute Gasteiger partial charge is 0.475 e. The normalized spacial score (nSPS) is 22.2. The van der Waals surface area contributed by atoms with Crippen molar-refractivity contribution in [2.45, 2.75) is 38.3 Å². The summed E-state index contributed by atoms with van der Waals surface area (Å²) in [6, 6.07) is 1.95. The van der Waals surface area contributed by atoms with Gasteiger partial charge in [-0.25, -0.2) is 4.79 Å². The minimum absolute atomic E-state index is 0.225. The topological polar surface area (TPSA) is 70.1 Å². The summed E-state index contributed by atoms with van der Waals surface area (Å²) in [5.74, 6) is -1.70. The Balaban J connectivity index is 0.000000339. The summed E-state index contributed by atoms with van der Waals surface area (Å²) in [6.45, 7) is 7.50. The van der Waals surface area contributed by atoms with Gasteiger partial charge in [0.15, 0.2) is 0 Å². The second-order valence-electron chi connectivity index (χ2n) is 8.65. The van der Waals surface area contributed by atoms with Crippen LogP contribution in [0.3, 0.4) is 0 Å². The lowest BCUT2D eigenvalue weighted by Crippen LogP contribution is -2.44. The second-order valence-corrected chi connectivity index (χ2v) is 9.43. The van der Waals surface area contributed by atoms with Gasteiger partial charge in [-0.2, -0.15) is 24.5 Å². The fourth-order valence-electron chi connectivity index (χ4n) is 4.64. The molecular formula is C21H29F3N2O4S. The van der Waals surface area contributed by atoms with Gasteiger partial charge in [-0.1, -0.05) is 0 Å². The molecule has 4 rings (SSSR count). The summed E-state index contributed by atoms with van der Waals surface area (Å²) in [6.07, 6.45) is 1.04. The first-order valence-corrected chi connectivity index (χ1v) is 11.5. The maximum Gasteiger partial charge on any atom is 0.490 e. The van der Waals surface area contributed by atoms with Gasteiger partial charge in [-0.15, -0.1) is 0 Å². The largest absolute Gasteiger partial charge is 0.490 e. The molecule has 1 aromatic rings. The number of piperidine rings is 1. The molecule has 31 heavy (non-hydrogen) atoms. The number of amides is 1. The Morgan fingerprint density at radius 3 is 2.32 bits per heavy atom. The second kappa shape index (κ2) is 10.3. The van der Waals surface area contributed by atoms with Crippen molar-refractivity contribution in [1.82, 2.24) is 9.80 Å². The molecule has 174 valence electrons. The highest BCUT2D eigenvalue weighted by Gasteiger charge is 2.42. The third kappa shape index (κ3) is 6.66. The summed E-state index contributed by atoms with van der Waals surface area (Å²) in [5, 5.41) is 11.1. The molecule has 0 aliphatic carbocycles. The maximum absolute atomic E-state index is 12.5. The third-order valence-corrected chi connectivity index (χ3v) is 7.18. The van der Waals surface area contributed by atoms with Gasteiger partial charge in [0.05, 0.1) is 5.56 Å². The number of hydrogen-bond donors (Lipinski definition) is 1. The number of rotatable bonds is 3. The molecule has 0 bridgehead atoms. The highest BCUT2D eigenvalue weighted by molar-refractivity contribution is 7.08. The molecular weight excluding hydrogens is 433 g/mol. The van der Waals surface area contributed by atoms with Crippen molar-refractivity contribution in [1.29, 1.82) is 0 Å². The molecule has 1 N–H and O–H groups in total. The van der Waals surface area contributed by atoms with E-state index in [2.05, 4.69) is 9.80 Å². The Bertz CT molecular complexity index is 727. The van der Waals surface area contributed by atoms with Crippen molar-refractivity contribution < 1.29 is 32.6 Å². The van der Waals surface area contributed by atoms with Crippen LogP contribution in [0.15, 0.2) is 16.8 Å². The van der Waals surface area contributed by atoms with E-state index in [1.807, 2.05) is 16.8 Å². The van der Waals surface area contributed by atoms with Crippen molar-refractivity contribution in [2.75, 3.05) is 45.9 Å². The fraction of sp³-hybridized carbons (Fsp3) is 0.714. The van der Waals surface area contributed by atoms with Gasteiger partial charge >= 0.3 is 12.1 Å². The highest BCUT2D eigenvalue weighted by Crippen LogP contribution is 2.41. The quantitative estimate of drug-likeness (QED) is 0.741. The molecule has 1 amide bonds. The first-order chi connectivity index (χ1) is 14.7. The predicted octanol–water partition coefficient (Wildman–Crippen LogP) is 3.74. The van der Waals surface area contributed by atoms with E-state index in [4.69, 9.17) is 14.6 Å². The lowest BCUT2D eigenvalue weighted by molar-refractivity contribution is -0.192. The minimum atomic E-state index is -5.08. The summed E-state index contributed by atoms with van der Waals surface area (Å²) in [7, 11) is 0. The van der Waals surface area contributed by atoms with Crippen molar-refractivity contribution >= 4 is 23.2 Å². The Morgan fingerprint density at radius 2 is 1.77 bits per heavy atom. The van der Waals surface area contributed by atoms with Crippen LogP contribution in [0.4, 0.5) is 13.2 Å². The maximum atomic E-state index is 12.5. The predicted molar refractivity (Wildman–Crippen MR) is 110 cm³/mol. The van der Waals surface area contributed by atoms with Crippen LogP contribution in [-0.4, -0.2) is 78.9 Å². The van der Waals surface area contributed by atoms with E-state index in [1.54, 1.807) is 11.3 Å². The van der Waals surface area contributed by atoms with E-state index < -0.39 is 12.1 Å². The average Bonchev–Trinajstić information content (AvgIpc) is 3.40. The molecule has 0 radical (unpaired) electrons. The number of ether oxygens (including phenoxy) is 1. The summed E-state index contributed by atoms with van der Waals surface area (Å²) in [5.41, 5.74) is 1.33. The van der Waals surface area contributed by atoms with Crippen LogP contribution in [0.2, 0.25) is 0 Å². The van der Waals surface area contributed by atoms with Gasteiger partial charge < -0.3 is 19.6 Å². The van der Waals surface area contributed by atoms with Crippen LogP contribution >= 0.6 is 11.3 Å². The average molecular weight is 463 g/mol. The molecule has 6 nitrogen and oxygen atoms in total. The number of aliphatic carboxylic acids is 1. The van der Waals surface area contributed by atoms with Crippen LogP contribution in [-0.2, 0) is 9.53 Å². The summed E-state index contributed by atoms with van der Waals surface area (Å²) < 4.78 is 37.2. The fourth-order valence-corrected chi connectivity index (χ4v) is 5.27. The molecule has 1 aromatic heterocycles. The first-order valence-electron chi connectivity index (χ1n) is 10.6. The molecule has 1 spiro atoms. The van der Waals surface area contributed by atoms with Gasteiger partial charge in [-0.05, 0) is 61.4 Å². The van der Waals surface area contributed by atoms with Crippen LogP contribution < -0.4 is 0 Å². The lowest BCUT2D eigenvalue weighted by atomic mass is 9.77. The number of likely N-dealkylation sites (tertiary alicyclic amines) is 2. The van der Waals surface area contributed by atoms with Crippen molar-refractivity contribution in [3.05, 3.63) is 22.4 Å². The molecule has 3 aliphatic heterocycles. The number of carbonyl (C=O) groups is 2. The van der Waals surface area contributed by atoms with Crippen molar-refractivity contribution in [2.24, 2.45) is 11.3 Å². The number of alkyl halides is 3. The zero-order chi connectivity index (χ0) is 22.5. The molecule has 3 aliphatic rings. The standard InChI is InChI=1S/C19H28N2O2S.C2HF3O2/c22-18(17-3-12-24-14-17)21-8-5-19(6-9-21)4-7-20(15-19)13-16-1-10-23-11-2-16;3-2(4,5)1(6)7/h3,12,14,16H,1-2,4-11,13,15H2;(H,6,7). The lowest BCUT2D eigenvalue weighted by Gasteiger charge is -2.39. The number of carboxylic acid groups (broad SMARTS) is 1. The first kappa shape index (κ1) is 24.0. The third-order valence-electron chi connectivity index (χ3n) is 6.50. The molecule has 3 saturated heterocycles. The Labute approximate surface area is 184 Å². The van der Waals surface area contributed by atoms with E-state index in [9.17, 15) is 18.0 Å². The van der Waals surface area contributed by atoms with Crippen LogP contribution in [0.5, 0.6) is 0 Å². The van der Waals surface area contributed by atoms with Gasteiger partial charge in [-0.3, -0.25) is 4.79 Å². The summed E-state index contributed by atoms with van der Waals surface area (Å²) in [4.78, 5) is 26.1. The zero-order valence-electron chi connectivity index (χ0n) is 17.4. The molecule has 0 unspecified atom stereocenters. The molecule has 10 heteroatoms. The van der Waals surface area contributed by atoms with E-state index in [-0.39, 0.29) is 5.91 Å². The SMILES string of the molecule is O=C(O)C(F)(F)F.O=C(c1ccsc1)N1CCC2(CCN(CC3CCOCC3)C2)CC1. The highest BCUT2D eigenvalue weighted by atomic mass is 32.1. The number of hydrogen-bond acceptors (Lipinski definition) is 5. The Morgan fingerprint density at radius 1 is 1.16 bits per heavy atom. The van der Waals surface area contributed by atoms with Gasteiger partial charge in [0.25, 0.3) is 5.91 Å². The number of carboxylic acids is 1. The minimum Gasteiger partial charge on any atom is -0.475 e. The van der Waals surface area contributed by atoms with Crippen molar-refractivity contribution in [3.8, 4) is 0 Å². The molecule has 0 saturated carbocycles. The monoisotopic (exact) mass is 462 g/mol. The Hall–Kier alpha value is -1.65. The Kier molecular flexibility index (Phi) is 7.98. The zero-order valence-corrected chi connectivity index (χ0v) is 18.2. The van der Waals surface area contributed by atoms with E-state index in [0.717, 1.165) is 37.8 Å². The van der Waals surface area contributed by atoms with Crippen molar-refractivity contribution in [3.63, 3.8) is 0 Å². The number of carbonyl (C=O) groups excluding carboxylic acids is 1.